The molecule has 0 heterocycles. The quantitative estimate of drug-likeness (QED) is 0.450. The molecule has 0 aromatic heterocycles. The number of benzene rings is 4. The van der Waals surface area contributed by atoms with E-state index >= 15 is 0 Å². The molecule has 4 radical (unpaired) electrons. The van der Waals surface area contributed by atoms with Crippen molar-refractivity contribution in [3.05, 3.63) is 144 Å². The first-order valence-electron chi connectivity index (χ1n) is 8.30. The Balaban J connectivity index is 2.13. The molecule has 0 aliphatic rings. The van der Waals surface area contributed by atoms with E-state index in [2.05, 4.69) is 72.8 Å². The van der Waals surface area contributed by atoms with Gasteiger partial charge in [0.25, 0.3) is 0 Å². The molecule has 0 heteroatoms. The van der Waals surface area contributed by atoms with Crippen LogP contribution in [0.3, 0.4) is 0 Å². The summed E-state index contributed by atoms with van der Waals surface area (Å²) in [6.07, 6.45) is 0. The number of rotatable bonds is 4. The molecule has 0 bridgehead atoms. The lowest BCUT2D eigenvalue weighted by Crippen LogP contribution is -2.31. The Morgan fingerprint density at radius 3 is 1.32 bits per heavy atom. The van der Waals surface area contributed by atoms with Gasteiger partial charge >= 0.3 is 0 Å². The van der Waals surface area contributed by atoms with Gasteiger partial charge in [-0.25, -0.2) is 0 Å². The first kappa shape index (κ1) is 15.4. The summed E-state index contributed by atoms with van der Waals surface area (Å²) in [5, 5.41) is 0. The molecule has 0 saturated carbocycles. The second-order valence-corrected chi connectivity index (χ2v) is 5.89. The molecule has 25 heavy (non-hydrogen) atoms. The second-order valence-electron chi connectivity index (χ2n) is 5.89. The molecule has 0 saturated heterocycles. The molecule has 0 nitrogen and oxygen atoms in total. The van der Waals surface area contributed by atoms with E-state index in [4.69, 9.17) is 0 Å². The van der Waals surface area contributed by atoms with E-state index in [0.29, 0.717) is 0 Å². The van der Waals surface area contributed by atoms with Crippen molar-refractivity contribution in [1.82, 2.24) is 0 Å². The molecule has 0 atom stereocenters. The Hall–Kier alpha value is -3.12. The molecule has 0 unspecified atom stereocenters. The smallest absolute Gasteiger partial charge is 0.0622 e. The van der Waals surface area contributed by atoms with Crippen molar-refractivity contribution in [2.24, 2.45) is 0 Å². The predicted octanol–water partition coefficient (Wildman–Crippen LogP) is 5.27. The van der Waals surface area contributed by atoms with Gasteiger partial charge in [0, 0.05) is 0 Å². The highest BCUT2D eigenvalue weighted by Gasteiger charge is 2.38. The summed E-state index contributed by atoms with van der Waals surface area (Å²) in [6, 6.07) is 46.0. The average molecular weight is 316 g/mol. The van der Waals surface area contributed by atoms with Crippen molar-refractivity contribution in [3.63, 3.8) is 0 Å². The van der Waals surface area contributed by atoms with E-state index in [1.807, 2.05) is 48.5 Å². The molecule has 0 spiro atoms. The van der Waals surface area contributed by atoms with Crippen molar-refractivity contribution >= 4 is 0 Å². The Labute approximate surface area is 149 Å². The molecule has 0 amide bonds. The van der Waals surface area contributed by atoms with Gasteiger partial charge in [0.05, 0.1) is 5.41 Å². The fourth-order valence-electron chi connectivity index (χ4n) is 3.45. The van der Waals surface area contributed by atoms with Gasteiger partial charge in [0.15, 0.2) is 0 Å². The van der Waals surface area contributed by atoms with Crippen LogP contribution in [0.15, 0.2) is 97.1 Å². The summed E-state index contributed by atoms with van der Waals surface area (Å²) in [4.78, 5) is 0. The third kappa shape index (κ3) is 2.66. The lowest BCUT2D eigenvalue weighted by Gasteiger charge is -2.36. The van der Waals surface area contributed by atoms with Gasteiger partial charge in [-0.15, -0.1) is 0 Å². The van der Waals surface area contributed by atoms with E-state index in [9.17, 15) is 0 Å². The predicted molar refractivity (Wildman–Crippen MR) is 100 cm³/mol. The summed E-state index contributed by atoms with van der Waals surface area (Å²) in [5.74, 6) is 0. The zero-order valence-electron chi connectivity index (χ0n) is 13.7. The average Bonchev–Trinajstić information content (AvgIpc) is 2.72. The zero-order valence-corrected chi connectivity index (χ0v) is 13.7. The molecule has 4 aromatic carbocycles. The van der Waals surface area contributed by atoms with Crippen LogP contribution in [0, 0.1) is 24.3 Å². The maximum absolute atomic E-state index is 3.44. The Kier molecular flexibility index (Phi) is 4.18. The van der Waals surface area contributed by atoms with Crippen LogP contribution in [0.2, 0.25) is 0 Å². The number of hydrogen-bond donors (Lipinski definition) is 0. The molecular formula is C25H16. The van der Waals surface area contributed by atoms with Crippen LogP contribution in [0.5, 0.6) is 0 Å². The van der Waals surface area contributed by atoms with Crippen LogP contribution in [-0.4, -0.2) is 0 Å². The second kappa shape index (κ2) is 6.78. The largest absolute Gasteiger partial charge is 0.0713 e. The van der Waals surface area contributed by atoms with E-state index in [0.717, 1.165) is 11.1 Å². The fourth-order valence-corrected chi connectivity index (χ4v) is 3.45. The third-order valence-corrected chi connectivity index (χ3v) is 4.51. The van der Waals surface area contributed by atoms with Gasteiger partial charge in [-0.2, -0.15) is 0 Å². The molecule has 0 aliphatic carbocycles. The van der Waals surface area contributed by atoms with Crippen LogP contribution in [0.1, 0.15) is 22.3 Å². The minimum atomic E-state index is -0.502. The van der Waals surface area contributed by atoms with E-state index in [1.165, 1.54) is 11.1 Å². The first-order valence-corrected chi connectivity index (χ1v) is 8.30. The van der Waals surface area contributed by atoms with Gasteiger partial charge < -0.3 is 0 Å². The van der Waals surface area contributed by atoms with Gasteiger partial charge in [-0.1, -0.05) is 84.9 Å². The summed E-state index contributed by atoms with van der Waals surface area (Å²) < 4.78 is 0. The van der Waals surface area contributed by atoms with Gasteiger partial charge in [0.1, 0.15) is 0 Å². The summed E-state index contributed by atoms with van der Waals surface area (Å²) in [7, 11) is 0. The topological polar surface area (TPSA) is 0 Å². The van der Waals surface area contributed by atoms with Gasteiger partial charge in [0.2, 0.25) is 0 Å². The maximum atomic E-state index is 3.44. The lowest BCUT2D eigenvalue weighted by molar-refractivity contribution is 0.742. The zero-order chi connectivity index (χ0) is 17.0. The summed E-state index contributed by atoms with van der Waals surface area (Å²) in [6.45, 7) is 0. The van der Waals surface area contributed by atoms with Crippen molar-refractivity contribution in [3.8, 4) is 0 Å². The van der Waals surface area contributed by atoms with Crippen molar-refractivity contribution in [2.45, 2.75) is 5.41 Å². The van der Waals surface area contributed by atoms with Crippen LogP contribution >= 0.6 is 0 Å². The monoisotopic (exact) mass is 316 g/mol. The Bertz CT molecular complexity index is 747. The van der Waals surface area contributed by atoms with Crippen molar-refractivity contribution in [2.75, 3.05) is 0 Å². The Morgan fingerprint density at radius 2 is 0.960 bits per heavy atom. The van der Waals surface area contributed by atoms with E-state index in [1.54, 1.807) is 0 Å². The van der Waals surface area contributed by atoms with Gasteiger partial charge in [-0.3, -0.25) is 0 Å². The number of hydrogen-bond acceptors (Lipinski definition) is 0. The van der Waals surface area contributed by atoms with Crippen molar-refractivity contribution in [1.29, 1.82) is 0 Å². The third-order valence-electron chi connectivity index (χ3n) is 4.51. The SMILES string of the molecule is [c]1cc[c]c(C(c2[c]cc[c]c2)(c2ccccc2)c2ccccc2)c1. The summed E-state index contributed by atoms with van der Waals surface area (Å²) in [5.41, 5.74) is 3.94. The minimum Gasteiger partial charge on any atom is -0.0622 e. The molecule has 4 rings (SSSR count). The molecule has 0 fully saturated rings. The van der Waals surface area contributed by atoms with E-state index < -0.39 is 5.41 Å². The van der Waals surface area contributed by atoms with Crippen LogP contribution in [0.25, 0.3) is 0 Å². The standard InChI is InChI=1S/C25H16/c1-5-13-21(14-6-1)25(22-15-7-2-8-16-22,23-17-9-3-10-18-23)24-19-11-4-12-20-24/h1-9,11,13-16,18,20H. The maximum Gasteiger partial charge on any atom is 0.0713 e. The van der Waals surface area contributed by atoms with E-state index in [-0.39, 0.29) is 0 Å². The molecular weight excluding hydrogens is 300 g/mol. The molecule has 0 aliphatic heterocycles. The highest BCUT2D eigenvalue weighted by atomic mass is 14.4. The van der Waals surface area contributed by atoms with Crippen LogP contribution in [-0.2, 0) is 5.41 Å². The normalized spacial score (nSPS) is 11.2. The Morgan fingerprint density at radius 1 is 0.520 bits per heavy atom. The fraction of sp³-hybridized carbons (Fsp3) is 0.0400. The van der Waals surface area contributed by atoms with Crippen LogP contribution in [0.4, 0.5) is 0 Å². The molecule has 4 aromatic rings. The highest BCUT2D eigenvalue weighted by molar-refractivity contribution is 5.58. The highest BCUT2D eigenvalue weighted by Crippen LogP contribution is 2.44. The molecule has 116 valence electrons. The minimum absolute atomic E-state index is 0.502. The van der Waals surface area contributed by atoms with Crippen LogP contribution < -0.4 is 0 Å². The first-order chi connectivity index (χ1) is 12.4. The van der Waals surface area contributed by atoms with Crippen molar-refractivity contribution < 1.29 is 0 Å². The summed E-state index contributed by atoms with van der Waals surface area (Å²) >= 11 is 0. The van der Waals surface area contributed by atoms with Gasteiger partial charge in [-0.05, 0) is 58.7 Å². The molecule has 0 N–H and O–H groups in total. The lowest BCUT2D eigenvalue weighted by atomic mass is 9.65.